The molecule has 1 fully saturated rings. The van der Waals surface area contributed by atoms with Crippen LogP contribution >= 0.6 is 0 Å². The Morgan fingerprint density at radius 2 is 2.40 bits per heavy atom. The Hall–Kier alpha value is -2.37. The summed E-state index contributed by atoms with van der Waals surface area (Å²) < 4.78 is 10.9. The lowest BCUT2D eigenvalue weighted by molar-refractivity contribution is 0.0500. The van der Waals surface area contributed by atoms with Crippen molar-refractivity contribution < 1.29 is 13.9 Å². The number of nitrogens with zero attached hydrogens (tertiary/aromatic N) is 3. The highest BCUT2D eigenvalue weighted by molar-refractivity contribution is 5.91. The van der Waals surface area contributed by atoms with Gasteiger partial charge in [0.25, 0.3) is 5.91 Å². The second-order valence-corrected chi connectivity index (χ2v) is 4.66. The third-order valence-electron chi connectivity index (χ3n) is 3.24. The first kappa shape index (κ1) is 12.7. The summed E-state index contributed by atoms with van der Waals surface area (Å²) in [5.41, 5.74) is 0. The third kappa shape index (κ3) is 2.79. The number of carbonyl (C=O) groups is 1. The van der Waals surface area contributed by atoms with Crippen molar-refractivity contribution in [1.29, 1.82) is 0 Å². The molecule has 0 bridgehead atoms. The van der Waals surface area contributed by atoms with E-state index < -0.39 is 0 Å². The monoisotopic (exact) mass is 273 g/mol. The Morgan fingerprint density at radius 3 is 3.15 bits per heavy atom. The standard InChI is InChI=1S/C14H15N3O3/c18-14(12-4-2-8-19-12)17-7-1-3-11(9-17)20-13-5-6-15-10-16-13/h2,4-6,8,10-11H,1,3,7,9H2/t11-/m1/s1. The molecule has 0 saturated carbocycles. The largest absolute Gasteiger partial charge is 0.472 e. The molecule has 0 radical (unpaired) electrons. The Labute approximate surface area is 116 Å². The van der Waals surface area contributed by atoms with E-state index in [1.54, 1.807) is 29.3 Å². The zero-order chi connectivity index (χ0) is 13.8. The molecule has 2 aromatic rings. The lowest BCUT2D eigenvalue weighted by Gasteiger charge is -2.32. The smallest absolute Gasteiger partial charge is 0.289 e. The van der Waals surface area contributed by atoms with Crippen LogP contribution in [-0.4, -0.2) is 40.0 Å². The van der Waals surface area contributed by atoms with Gasteiger partial charge >= 0.3 is 0 Å². The zero-order valence-electron chi connectivity index (χ0n) is 10.9. The van der Waals surface area contributed by atoms with Crippen LogP contribution in [-0.2, 0) is 0 Å². The van der Waals surface area contributed by atoms with Crippen LogP contribution in [0.25, 0.3) is 0 Å². The van der Waals surface area contributed by atoms with E-state index in [0.29, 0.717) is 18.2 Å². The number of piperidine rings is 1. The maximum absolute atomic E-state index is 12.2. The van der Waals surface area contributed by atoms with Crippen LogP contribution in [0.4, 0.5) is 0 Å². The highest BCUT2D eigenvalue weighted by Gasteiger charge is 2.27. The van der Waals surface area contributed by atoms with E-state index in [-0.39, 0.29) is 12.0 Å². The van der Waals surface area contributed by atoms with Gasteiger partial charge in [-0.2, -0.15) is 0 Å². The number of amides is 1. The van der Waals surface area contributed by atoms with Crippen LogP contribution in [0.15, 0.2) is 41.4 Å². The molecule has 0 aliphatic carbocycles. The molecule has 0 spiro atoms. The Balaban J connectivity index is 1.63. The summed E-state index contributed by atoms with van der Waals surface area (Å²) in [6.07, 6.45) is 6.36. The number of hydrogen-bond acceptors (Lipinski definition) is 5. The van der Waals surface area contributed by atoms with E-state index in [1.165, 1.54) is 12.6 Å². The van der Waals surface area contributed by atoms with Crippen molar-refractivity contribution in [3.8, 4) is 5.88 Å². The highest BCUT2D eigenvalue weighted by atomic mass is 16.5. The number of furan rings is 1. The molecule has 20 heavy (non-hydrogen) atoms. The van der Waals surface area contributed by atoms with Crippen LogP contribution in [0, 0.1) is 0 Å². The summed E-state index contributed by atoms with van der Waals surface area (Å²) in [7, 11) is 0. The van der Waals surface area contributed by atoms with Gasteiger partial charge in [-0.25, -0.2) is 9.97 Å². The number of aromatic nitrogens is 2. The maximum atomic E-state index is 12.2. The fraction of sp³-hybridized carbons (Fsp3) is 0.357. The first-order valence-electron chi connectivity index (χ1n) is 6.58. The first-order chi connectivity index (χ1) is 9.83. The molecule has 6 heteroatoms. The Kier molecular flexibility index (Phi) is 3.62. The fourth-order valence-corrected chi connectivity index (χ4v) is 2.29. The van der Waals surface area contributed by atoms with Gasteiger partial charge in [-0.1, -0.05) is 0 Å². The van der Waals surface area contributed by atoms with Crippen molar-refractivity contribution >= 4 is 5.91 Å². The molecule has 1 aliphatic heterocycles. The molecule has 0 aromatic carbocycles. The van der Waals surface area contributed by atoms with E-state index in [0.717, 1.165) is 19.4 Å². The van der Waals surface area contributed by atoms with Crippen molar-refractivity contribution in [3.05, 3.63) is 42.7 Å². The summed E-state index contributed by atoms with van der Waals surface area (Å²) in [5, 5.41) is 0. The molecule has 1 saturated heterocycles. The van der Waals surface area contributed by atoms with Gasteiger partial charge in [0.05, 0.1) is 12.8 Å². The van der Waals surface area contributed by atoms with Crippen molar-refractivity contribution in [2.75, 3.05) is 13.1 Å². The summed E-state index contributed by atoms with van der Waals surface area (Å²) in [6, 6.07) is 5.11. The number of rotatable bonds is 3. The van der Waals surface area contributed by atoms with Crippen LogP contribution in [0.5, 0.6) is 5.88 Å². The molecule has 6 nitrogen and oxygen atoms in total. The molecular weight excluding hydrogens is 258 g/mol. The number of carbonyl (C=O) groups excluding carboxylic acids is 1. The predicted molar refractivity (Wildman–Crippen MR) is 70.3 cm³/mol. The van der Waals surface area contributed by atoms with E-state index in [2.05, 4.69) is 9.97 Å². The minimum atomic E-state index is -0.0917. The SMILES string of the molecule is O=C(c1ccco1)N1CCC[C@@H](Oc2ccncn2)C1. The van der Waals surface area contributed by atoms with Gasteiger partial charge in [0.15, 0.2) is 5.76 Å². The van der Waals surface area contributed by atoms with Crippen LogP contribution in [0.2, 0.25) is 0 Å². The molecule has 3 rings (SSSR count). The summed E-state index contributed by atoms with van der Waals surface area (Å²) in [5.74, 6) is 0.816. The Morgan fingerprint density at radius 1 is 1.45 bits per heavy atom. The van der Waals surface area contributed by atoms with Crippen molar-refractivity contribution in [2.45, 2.75) is 18.9 Å². The van der Waals surface area contributed by atoms with Crippen LogP contribution in [0.3, 0.4) is 0 Å². The average molecular weight is 273 g/mol. The maximum Gasteiger partial charge on any atom is 0.289 e. The van der Waals surface area contributed by atoms with Crippen molar-refractivity contribution in [1.82, 2.24) is 14.9 Å². The molecule has 0 N–H and O–H groups in total. The molecular formula is C14H15N3O3. The quantitative estimate of drug-likeness (QED) is 0.852. The Bertz CT molecular complexity index is 556. The van der Waals surface area contributed by atoms with Gasteiger partial charge in [0.2, 0.25) is 5.88 Å². The minimum Gasteiger partial charge on any atom is -0.472 e. The zero-order valence-corrected chi connectivity index (χ0v) is 10.9. The van der Waals surface area contributed by atoms with Gasteiger partial charge in [0, 0.05) is 18.8 Å². The number of ether oxygens (including phenoxy) is 1. The number of likely N-dealkylation sites (tertiary alicyclic amines) is 1. The van der Waals surface area contributed by atoms with Crippen LogP contribution in [0.1, 0.15) is 23.4 Å². The van der Waals surface area contributed by atoms with Gasteiger partial charge in [0.1, 0.15) is 12.4 Å². The molecule has 3 heterocycles. The topological polar surface area (TPSA) is 68.5 Å². The minimum absolute atomic E-state index is 0.0439. The van der Waals surface area contributed by atoms with E-state index >= 15 is 0 Å². The second-order valence-electron chi connectivity index (χ2n) is 4.66. The average Bonchev–Trinajstić information content (AvgIpc) is 3.02. The van der Waals surface area contributed by atoms with E-state index in [4.69, 9.17) is 9.15 Å². The lowest BCUT2D eigenvalue weighted by atomic mass is 10.1. The molecule has 104 valence electrons. The molecule has 2 aromatic heterocycles. The van der Waals surface area contributed by atoms with Gasteiger partial charge in [-0.05, 0) is 25.0 Å². The summed E-state index contributed by atoms with van der Waals surface area (Å²) in [6.45, 7) is 1.27. The summed E-state index contributed by atoms with van der Waals surface area (Å²) >= 11 is 0. The van der Waals surface area contributed by atoms with Gasteiger partial charge in [-0.3, -0.25) is 4.79 Å². The van der Waals surface area contributed by atoms with Crippen molar-refractivity contribution in [3.63, 3.8) is 0 Å². The number of hydrogen-bond donors (Lipinski definition) is 0. The van der Waals surface area contributed by atoms with E-state index in [1.807, 2.05) is 0 Å². The van der Waals surface area contributed by atoms with Gasteiger partial charge in [-0.15, -0.1) is 0 Å². The fourth-order valence-electron chi connectivity index (χ4n) is 2.29. The predicted octanol–water partition coefficient (Wildman–Crippen LogP) is 1.75. The molecule has 1 amide bonds. The second kappa shape index (κ2) is 5.73. The molecule has 0 unspecified atom stereocenters. The highest BCUT2D eigenvalue weighted by Crippen LogP contribution is 2.18. The lowest BCUT2D eigenvalue weighted by Crippen LogP contribution is -2.44. The molecule has 1 atom stereocenters. The normalized spacial score (nSPS) is 18.8. The summed E-state index contributed by atoms with van der Waals surface area (Å²) in [4.78, 5) is 21.9. The first-order valence-corrected chi connectivity index (χ1v) is 6.58. The van der Waals surface area contributed by atoms with Crippen molar-refractivity contribution in [2.24, 2.45) is 0 Å². The third-order valence-corrected chi connectivity index (χ3v) is 3.24. The van der Waals surface area contributed by atoms with E-state index in [9.17, 15) is 4.79 Å². The van der Waals surface area contributed by atoms with Crippen LogP contribution < -0.4 is 4.74 Å². The van der Waals surface area contributed by atoms with Gasteiger partial charge < -0.3 is 14.1 Å². The molecule has 1 aliphatic rings.